The Bertz CT molecular complexity index is 345. The largest absolute Gasteiger partial charge is 0.481 e. The van der Waals surface area contributed by atoms with Crippen LogP contribution in [0.25, 0.3) is 0 Å². The summed E-state index contributed by atoms with van der Waals surface area (Å²) in [5.74, 6) is -0.627. The lowest BCUT2D eigenvalue weighted by molar-refractivity contribution is -0.143. The van der Waals surface area contributed by atoms with E-state index in [1.807, 2.05) is 4.90 Å². The average Bonchev–Trinajstić information content (AvgIpc) is 2.67. The second-order valence-corrected chi connectivity index (χ2v) is 5.75. The minimum Gasteiger partial charge on any atom is -0.481 e. The molecule has 3 atom stereocenters. The standard InChI is InChI=1S/C13H22N2O3/c1-9-6-10(2)15(7-9)13(18)14-5-3-4-11(8-14)12(16)17/h9-11H,3-8H2,1-2H3,(H,16,17)/t9?,10?,11-/m1/s1. The van der Waals surface area contributed by atoms with Gasteiger partial charge in [0.15, 0.2) is 0 Å². The zero-order chi connectivity index (χ0) is 13.3. The zero-order valence-corrected chi connectivity index (χ0v) is 11.1. The van der Waals surface area contributed by atoms with Crippen molar-refractivity contribution in [3.63, 3.8) is 0 Å². The molecule has 2 rings (SSSR count). The Morgan fingerprint density at radius 2 is 1.94 bits per heavy atom. The Morgan fingerprint density at radius 1 is 1.22 bits per heavy atom. The molecule has 102 valence electrons. The smallest absolute Gasteiger partial charge is 0.320 e. The maximum absolute atomic E-state index is 12.4. The lowest BCUT2D eigenvalue weighted by atomic mass is 9.98. The number of carboxylic acid groups (broad SMARTS) is 1. The molecule has 2 heterocycles. The van der Waals surface area contributed by atoms with Gasteiger partial charge in [-0.25, -0.2) is 4.79 Å². The number of amides is 2. The molecular formula is C13H22N2O3. The molecule has 0 bridgehead atoms. The molecule has 2 amide bonds. The number of likely N-dealkylation sites (tertiary alicyclic amines) is 2. The van der Waals surface area contributed by atoms with Gasteiger partial charge in [0.25, 0.3) is 0 Å². The second-order valence-electron chi connectivity index (χ2n) is 5.75. The number of carboxylic acids is 1. The van der Waals surface area contributed by atoms with E-state index >= 15 is 0 Å². The Labute approximate surface area is 108 Å². The van der Waals surface area contributed by atoms with E-state index < -0.39 is 11.9 Å². The predicted octanol–water partition coefficient (Wildman–Crippen LogP) is 1.63. The van der Waals surface area contributed by atoms with Crippen LogP contribution in [-0.2, 0) is 4.79 Å². The van der Waals surface area contributed by atoms with Crippen molar-refractivity contribution < 1.29 is 14.7 Å². The van der Waals surface area contributed by atoms with Crippen LogP contribution in [0.3, 0.4) is 0 Å². The fourth-order valence-corrected chi connectivity index (χ4v) is 3.10. The third-order valence-electron chi connectivity index (χ3n) is 4.07. The minimum absolute atomic E-state index is 0.0257. The van der Waals surface area contributed by atoms with Gasteiger partial charge >= 0.3 is 12.0 Å². The number of urea groups is 1. The van der Waals surface area contributed by atoms with Crippen LogP contribution in [0.4, 0.5) is 4.79 Å². The van der Waals surface area contributed by atoms with Gasteiger partial charge in [0.05, 0.1) is 5.92 Å². The van der Waals surface area contributed by atoms with E-state index in [1.165, 1.54) is 0 Å². The molecule has 2 aliphatic heterocycles. The zero-order valence-electron chi connectivity index (χ0n) is 11.1. The third-order valence-corrected chi connectivity index (χ3v) is 4.07. The number of nitrogens with zero attached hydrogens (tertiary/aromatic N) is 2. The van der Waals surface area contributed by atoms with E-state index in [9.17, 15) is 9.59 Å². The van der Waals surface area contributed by atoms with Gasteiger partial charge in [0.1, 0.15) is 0 Å². The molecule has 0 aromatic rings. The molecule has 0 aromatic heterocycles. The predicted molar refractivity (Wildman–Crippen MR) is 67.3 cm³/mol. The summed E-state index contributed by atoms with van der Waals surface area (Å²) >= 11 is 0. The topological polar surface area (TPSA) is 60.9 Å². The summed E-state index contributed by atoms with van der Waals surface area (Å²) in [6.07, 6.45) is 2.52. The lowest BCUT2D eigenvalue weighted by Crippen LogP contribution is -2.49. The molecule has 0 radical (unpaired) electrons. The van der Waals surface area contributed by atoms with Crippen LogP contribution in [0.5, 0.6) is 0 Å². The van der Waals surface area contributed by atoms with E-state index in [4.69, 9.17) is 5.11 Å². The molecule has 2 saturated heterocycles. The fourth-order valence-electron chi connectivity index (χ4n) is 3.10. The van der Waals surface area contributed by atoms with Gasteiger partial charge in [0.2, 0.25) is 0 Å². The number of rotatable bonds is 1. The molecular weight excluding hydrogens is 232 g/mol. The monoisotopic (exact) mass is 254 g/mol. The van der Waals surface area contributed by atoms with Gasteiger partial charge in [-0.1, -0.05) is 6.92 Å². The second kappa shape index (κ2) is 5.16. The molecule has 0 aliphatic carbocycles. The molecule has 2 unspecified atom stereocenters. The van der Waals surface area contributed by atoms with Crippen LogP contribution in [0, 0.1) is 11.8 Å². The Balaban J connectivity index is 1.98. The van der Waals surface area contributed by atoms with Crippen LogP contribution in [0.1, 0.15) is 33.1 Å². The van der Waals surface area contributed by atoms with E-state index in [0.29, 0.717) is 25.4 Å². The minimum atomic E-state index is -0.782. The number of hydrogen-bond acceptors (Lipinski definition) is 2. The Kier molecular flexibility index (Phi) is 3.78. The van der Waals surface area contributed by atoms with E-state index in [0.717, 1.165) is 19.4 Å². The first kappa shape index (κ1) is 13.2. The van der Waals surface area contributed by atoms with Gasteiger partial charge in [-0.05, 0) is 32.1 Å². The van der Waals surface area contributed by atoms with Crippen LogP contribution >= 0.6 is 0 Å². The molecule has 5 nitrogen and oxygen atoms in total. The van der Waals surface area contributed by atoms with Crippen molar-refractivity contribution in [2.75, 3.05) is 19.6 Å². The molecule has 2 fully saturated rings. The lowest BCUT2D eigenvalue weighted by Gasteiger charge is -2.35. The Hall–Kier alpha value is -1.26. The number of carbonyl (C=O) groups excluding carboxylic acids is 1. The maximum atomic E-state index is 12.4. The molecule has 0 spiro atoms. The van der Waals surface area contributed by atoms with Gasteiger partial charge in [-0.15, -0.1) is 0 Å². The summed E-state index contributed by atoms with van der Waals surface area (Å²) in [6, 6.07) is 0.301. The summed E-state index contributed by atoms with van der Waals surface area (Å²) < 4.78 is 0. The highest BCUT2D eigenvalue weighted by atomic mass is 16.4. The van der Waals surface area contributed by atoms with E-state index in [-0.39, 0.29) is 12.1 Å². The highest BCUT2D eigenvalue weighted by Gasteiger charge is 2.35. The van der Waals surface area contributed by atoms with E-state index in [1.54, 1.807) is 4.90 Å². The summed E-state index contributed by atoms with van der Waals surface area (Å²) in [7, 11) is 0. The van der Waals surface area contributed by atoms with Crippen molar-refractivity contribution in [2.24, 2.45) is 11.8 Å². The number of aliphatic carboxylic acids is 1. The SMILES string of the molecule is CC1CC(C)N(C(=O)N2CCC[C@@H](C(=O)O)C2)C1. The van der Waals surface area contributed by atoms with Crippen molar-refractivity contribution in [3.05, 3.63) is 0 Å². The van der Waals surface area contributed by atoms with Crippen molar-refractivity contribution in [1.29, 1.82) is 0 Å². The van der Waals surface area contributed by atoms with Crippen molar-refractivity contribution >= 4 is 12.0 Å². The number of hydrogen-bond donors (Lipinski definition) is 1. The van der Waals surface area contributed by atoms with Crippen LogP contribution < -0.4 is 0 Å². The van der Waals surface area contributed by atoms with E-state index in [2.05, 4.69) is 13.8 Å². The Morgan fingerprint density at radius 3 is 2.50 bits per heavy atom. The van der Waals surface area contributed by atoms with Crippen LogP contribution in [0.2, 0.25) is 0 Å². The number of carbonyl (C=O) groups is 2. The first-order chi connectivity index (χ1) is 8.49. The summed E-state index contributed by atoms with van der Waals surface area (Å²) in [5, 5.41) is 9.05. The molecule has 0 aromatic carbocycles. The average molecular weight is 254 g/mol. The van der Waals surface area contributed by atoms with Gasteiger partial charge in [-0.2, -0.15) is 0 Å². The summed E-state index contributed by atoms with van der Waals surface area (Å²) in [6.45, 7) is 6.08. The summed E-state index contributed by atoms with van der Waals surface area (Å²) in [5.41, 5.74) is 0. The first-order valence-electron chi connectivity index (χ1n) is 6.77. The van der Waals surface area contributed by atoms with Crippen LogP contribution in [0.15, 0.2) is 0 Å². The third kappa shape index (κ3) is 2.60. The highest BCUT2D eigenvalue weighted by molar-refractivity contribution is 5.77. The summed E-state index contributed by atoms with van der Waals surface area (Å²) in [4.78, 5) is 27.0. The molecule has 1 N–H and O–H groups in total. The van der Waals surface area contributed by atoms with Gasteiger partial charge in [-0.3, -0.25) is 4.79 Å². The maximum Gasteiger partial charge on any atom is 0.320 e. The van der Waals surface area contributed by atoms with Gasteiger partial charge < -0.3 is 14.9 Å². The molecule has 0 saturated carbocycles. The van der Waals surface area contributed by atoms with Crippen molar-refractivity contribution in [3.8, 4) is 0 Å². The molecule has 2 aliphatic rings. The highest BCUT2D eigenvalue weighted by Crippen LogP contribution is 2.25. The van der Waals surface area contributed by atoms with Gasteiger partial charge in [0, 0.05) is 25.7 Å². The fraction of sp³-hybridized carbons (Fsp3) is 0.846. The van der Waals surface area contributed by atoms with Crippen molar-refractivity contribution in [2.45, 2.75) is 39.2 Å². The van der Waals surface area contributed by atoms with Crippen LogP contribution in [-0.4, -0.2) is 52.6 Å². The number of piperidine rings is 1. The molecule has 18 heavy (non-hydrogen) atoms. The van der Waals surface area contributed by atoms with Crippen molar-refractivity contribution in [1.82, 2.24) is 9.80 Å². The first-order valence-corrected chi connectivity index (χ1v) is 6.77. The molecule has 5 heteroatoms. The quantitative estimate of drug-likeness (QED) is 0.773. The normalized spacial score (nSPS) is 32.7.